The van der Waals surface area contributed by atoms with Gasteiger partial charge in [0.25, 0.3) is 0 Å². The molecule has 0 bridgehead atoms. The molecule has 6 nitrogen and oxygen atoms in total. The number of hydrogen-bond acceptors (Lipinski definition) is 4. The molecule has 1 aromatic rings. The standard InChI is InChI=1S/C15H18F3N3O3S.ClH/c16-11-6-13(18)14(7-12(11)17)25(23,24)20-4-1-2-10(9-20)21-5-3-19-8-15(21)22;/h6-7,10,19H,1-5,8-9H2;1H. The summed E-state index contributed by atoms with van der Waals surface area (Å²) < 4.78 is 66.7. The SMILES string of the molecule is Cl.O=C1CNCCN1C1CCCN(S(=O)(=O)c2cc(F)c(F)cc2F)C1. The molecule has 0 saturated carbocycles. The highest BCUT2D eigenvalue weighted by Gasteiger charge is 2.36. The molecule has 0 spiro atoms. The first kappa shape index (κ1) is 20.9. The number of hydrogen-bond donors (Lipinski definition) is 1. The zero-order valence-corrected chi connectivity index (χ0v) is 15.4. The molecule has 0 aromatic heterocycles. The van der Waals surface area contributed by atoms with Crippen LogP contribution < -0.4 is 5.32 Å². The fourth-order valence-corrected chi connectivity index (χ4v) is 4.82. The lowest BCUT2D eigenvalue weighted by Gasteiger charge is -2.40. The molecule has 0 radical (unpaired) electrons. The van der Waals surface area contributed by atoms with Gasteiger partial charge in [-0.15, -0.1) is 12.4 Å². The predicted octanol–water partition coefficient (Wildman–Crippen LogP) is 1.11. The Hall–Kier alpha value is -1.36. The summed E-state index contributed by atoms with van der Waals surface area (Å²) in [5.41, 5.74) is 0. The van der Waals surface area contributed by atoms with Crippen molar-refractivity contribution in [1.82, 2.24) is 14.5 Å². The minimum absolute atomic E-state index is 0. The molecule has 1 N–H and O–H groups in total. The molecule has 2 heterocycles. The Balaban J connectivity index is 0.00000243. The number of sulfonamides is 1. The number of piperidine rings is 1. The van der Waals surface area contributed by atoms with Crippen molar-refractivity contribution in [2.45, 2.75) is 23.8 Å². The number of nitrogens with one attached hydrogen (secondary N) is 1. The summed E-state index contributed by atoms with van der Waals surface area (Å²) in [6.45, 7) is 1.43. The molecule has 1 amide bonds. The number of nitrogens with zero attached hydrogens (tertiary/aromatic N) is 2. The molecule has 0 aliphatic carbocycles. The fourth-order valence-electron chi connectivity index (χ4n) is 3.24. The minimum atomic E-state index is -4.32. The average Bonchev–Trinajstić information content (AvgIpc) is 2.58. The average molecular weight is 414 g/mol. The fraction of sp³-hybridized carbons (Fsp3) is 0.533. The lowest BCUT2D eigenvalue weighted by molar-refractivity contribution is -0.135. The maximum atomic E-state index is 13.9. The summed E-state index contributed by atoms with van der Waals surface area (Å²) in [7, 11) is -4.32. The second-order valence-corrected chi connectivity index (χ2v) is 8.03. The van der Waals surface area contributed by atoms with Crippen molar-refractivity contribution in [2.75, 3.05) is 32.7 Å². The summed E-state index contributed by atoms with van der Waals surface area (Å²) in [5, 5.41) is 2.94. The molecule has 1 atom stereocenters. The number of carbonyl (C=O) groups excluding carboxylic acids is 1. The molecule has 26 heavy (non-hydrogen) atoms. The summed E-state index contributed by atoms with van der Waals surface area (Å²) in [4.78, 5) is 12.7. The Bertz CT molecular complexity index is 794. The van der Waals surface area contributed by atoms with Crippen LogP contribution in [0.3, 0.4) is 0 Å². The third kappa shape index (κ3) is 3.98. The quantitative estimate of drug-likeness (QED) is 0.754. The van der Waals surface area contributed by atoms with Gasteiger partial charge >= 0.3 is 0 Å². The maximum absolute atomic E-state index is 13.9. The Morgan fingerprint density at radius 1 is 1.08 bits per heavy atom. The second kappa shape index (κ2) is 8.12. The Morgan fingerprint density at radius 2 is 1.77 bits per heavy atom. The van der Waals surface area contributed by atoms with Gasteiger partial charge in [0.1, 0.15) is 10.7 Å². The number of piperazine rings is 1. The van der Waals surface area contributed by atoms with Crippen molar-refractivity contribution in [2.24, 2.45) is 0 Å². The summed E-state index contributed by atoms with van der Waals surface area (Å²) >= 11 is 0. The van der Waals surface area contributed by atoms with Crippen molar-refractivity contribution in [3.63, 3.8) is 0 Å². The van der Waals surface area contributed by atoms with Crippen LogP contribution in [0.15, 0.2) is 17.0 Å². The molecule has 1 aromatic carbocycles. The normalized spacial score (nSPS) is 22.2. The van der Waals surface area contributed by atoms with Gasteiger partial charge in [-0.25, -0.2) is 21.6 Å². The third-order valence-corrected chi connectivity index (χ3v) is 6.40. The molecule has 2 aliphatic heterocycles. The first-order valence-electron chi connectivity index (χ1n) is 7.95. The van der Waals surface area contributed by atoms with Gasteiger partial charge in [-0.2, -0.15) is 4.31 Å². The molecular weight excluding hydrogens is 395 g/mol. The Morgan fingerprint density at radius 3 is 2.46 bits per heavy atom. The van der Waals surface area contributed by atoms with E-state index in [1.54, 1.807) is 4.90 Å². The maximum Gasteiger partial charge on any atom is 0.246 e. The van der Waals surface area contributed by atoms with E-state index >= 15 is 0 Å². The van der Waals surface area contributed by atoms with Crippen LogP contribution in [0.2, 0.25) is 0 Å². The Labute approximate surface area is 155 Å². The number of benzene rings is 1. The van der Waals surface area contributed by atoms with Crippen molar-refractivity contribution < 1.29 is 26.4 Å². The first-order chi connectivity index (χ1) is 11.8. The van der Waals surface area contributed by atoms with Crippen molar-refractivity contribution in [3.05, 3.63) is 29.6 Å². The molecule has 2 fully saturated rings. The van der Waals surface area contributed by atoms with Crippen LogP contribution >= 0.6 is 12.4 Å². The van der Waals surface area contributed by atoms with Gasteiger partial charge in [-0.1, -0.05) is 0 Å². The highest BCUT2D eigenvalue weighted by molar-refractivity contribution is 7.89. The van der Waals surface area contributed by atoms with Crippen LogP contribution in [0, 0.1) is 17.5 Å². The van der Waals surface area contributed by atoms with Crippen LogP contribution in [0.4, 0.5) is 13.2 Å². The van der Waals surface area contributed by atoms with Crippen LogP contribution in [-0.2, 0) is 14.8 Å². The summed E-state index contributed by atoms with van der Waals surface area (Å²) in [6, 6.07) is 0.273. The highest BCUT2D eigenvalue weighted by Crippen LogP contribution is 2.26. The lowest BCUT2D eigenvalue weighted by Crippen LogP contribution is -2.57. The zero-order chi connectivity index (χ0) is 18.2. The van der Waals surface area contributed by atoms with Gasteiger partial charge in [0, 0.05) is 38.3 Å². The number of rotatable bonds is 3. The number of carbonyl (C=O) groups is 1. The third-order valence-electron chi connectivity index (χ3n) is 4.52. The number of halogens is 4. The van der Waals surface area contributed by atoms with E-state index in [1.165, 1.54) is 0 Å². The van der Waals surface area contributed by atoms with Gasteiger partial charge in [0.15, 0.2) is 11.6 Å². The lowest BCUT2D eigenvalue weighted by atomic mass is 10.1. The van der Waals surface area contributed by atoms with E-state index in [0.717, 1.165) is 4.31 Å². The van der Waals surface area contributed by atoms with Crippen LogP contribution in [0.1, 0.15) is 12.8 Å². The predicted molar refractivity (Wildman–Crippen MR) is 89.9 cm³/mol. The van der Waals surface area contributed by atoms with Gasteiger partial charge in [-0.3, -0.25) is 4.79 Å². The summed E-state index contributed by atoms with van der Waals surface area (Å²) in [5.74, 6) is -4.32. The van der Waals surface area contributed by atoms with Crippen molar-refractivity contribution in [3.8, 4) is 0 Å². The molecule has 2 aliphatic rings. The van der Waals surface area contributed by atoms with E-state index in [9.17, 15) is 26.4 Å². The van der Waals surface area contributed by atoms with E-state index in [0.29, 0.717) is 32.0 Å². The molecule has 2 saturated heterocycles. The zero-order valence-electron chi connectivity index (χ0n) is 13.8. The monoisotopic (exact) mass is 413 g/mol. The number of amides is 1. The Kier molecular flexibility index (Phi) is 6.54. The van der Waals surface area contributed by atoms with E-state index in [4.69, 9.17) is 0 Å². The molecule has 11 heteroatoms. The van der Waals surface area contributed by atoms with E-state index in [1.807, 2.05) is 0 Å². The van der Waals surface area contributed by atoms with Crippen LogP contribution in [-0.4, -0.2) is 62.3 Å². The molecule has 3 rings (SSSR count). The molecular formula is C15H19ClF3N3O3S. The summed E-state index contributed by atoms with van der Waals surface area (Å²) in [6.07, 6.45) is 1.13. The van der Waals surface area contributed by atoms with E-state index in [2.05, 4.69) is 5.32 Å². The van der Waals surface area contributed by atoms with Gasteiger partial charge in [0.2, 0.25) is 15.9 Å². The van der Waals surface area contributed by atoms with Gasteiger partial charge in [-0.05, 0) is 18.9 Å². The second-order valence-electron chi connectivity index (χ2n) is 6.12. The largest absolute Gasteiger partial charge is 0.336 e. The van der Waals surface area contributed by atoms with E-state index < -0.39 is 32.4 Å². The minimum Gasteiger partial charge on any atom is -0.336 e. The van der Waals surface area contributed by atoms with Crippen molar-refractivity contribution in [1.29, 1.82) is 0 Å². The molecule has 1 unspecified atom stereocenters. The first-order valence-corrected chi connectivity index (χ1v) is 9.39. The van der Waals surface area contributed by atoms with Gasteiger partial charge < -0.3 is 10.2 Å². The van der Waals surface area contributed by atoms with Crippen molar-refractivity contribution >= 4 is 28.3 Å². The van der Waals surface area contributed by atoms with E-state index in [-0.39, 0.29) is 50.1 Å². The van der Waals surface area contributed by atoms with Gasteiger partial charge in [0.05, 0.1) is 6.54 Å². The smallest absolute Gasteiger partial charge is 0.246 e. The molecule has 146 valence electrons. The topological polar surface area (TPSA) is 69.7 Å². The van der Waals surface area contributed by atoms with Crippen LogP contribution in [0.25, 0.3) is 0 Å². The van der Waals surface area contributed by atoms with Crippen LogP contribution in [0.5, 0.6) is 0 Å². The highest BCUT2D eigenvalue weighted by atomic mass is 35.5.